The summed E-state index contributed by atoms with van der Waals surface area (Å²) in [6.07, 6.45) is 0. The van der Waals surface area contributed by atoms with Crippen LogP contribution in [0.1, 0.15) is 20.8 Å². The number of halogens is 2. The molecule has 1 atom stereocenters. The molecule has 1 aromatic rings. The topological polar surface area (TPSA) is 70.2 Å². The van der Waals surface area contributed by atoms with E-state index >= 15 is 0 Å². The predicted molar refractivity (Wildman–Crippen MR) is 85.8 cm³/mol. The molecular weight excluding hydrogens is 313 g/mol. The molecule has 1 rings (SSSR count). The van der Waals surface area contributed by atoms with Crippen molar-refractivity contribution in [3.8, 4) is 0 Å². The third-order valence-electron chi connectivity index (χ3n) is 2.62. The van der Waals surface area contributed by atoms with Crippen LogP contribution >= 0.6 is 23.2 Å². The van der Waals surface area contributed by atoms with E-state index in [1.165, 1.54) is 0 Å². The average molecular weight is 332 g/mol. The molecule has 0 aliphatic heterocycles. The highest BCUT2D eigenvalue weighted by atomic mass is 35.5. The first kappa shape index (κ1) is 17.8. The number of nitrogens with one attached hydrogen (secondary N) is 3. The Balaban J connectivity index is 2.50. The van der Waals surface area contributed by atoms with E-state index in [0.717, 1.165) is 0 Å². The Morgan fingerprint density at radius 2 is 1.71 bits per heavy atom. The summed E-state index contributed by atoms with van der Waals surface area (Å²) in [5.74, 6) is -0.484. The van der Waals surface area contributed by atoms with Gasteiger partial charge in [0.1, 0.15) is 0 Å². The average Bonchev–Trinajstić information content (AvgIpc) is 2.39. The van der Waals surface area contributed by atoms with Crippen molar-refractivity contribution in [1.82, 2.24) is 10.6 Å². The Morgan fingerprint density at radius 1 is 1.14 bits per heavy atom. The summed E-state index contributed by atoms with van der Waals surface area (Å²) in [5, 5.41) is 8.94. The lowest BCUT2D eigenvalue weighted by Crippen LogP contribution is -2.46. The molecule has 0 fully saturated rings. The van der Waals surface area contributed by atoms with Gasteiger partial charge in [-0.1, -0.05) is 29.3 Å². The molecule has 0 aromatic heterocycles. The first-order valence-corrected chi connectivity index (χ1v) is 7.34. The van der Waals surface area contributed by atoms with E-state index in [4.69, 9.17) is 23.2 Å². The molecule has 0 saturated heterocycles. The van der Waals surface area contributed by atoms with Crippen LogP contribution < -0.4 is 16.0 Å². The van der Waals surface area contributed by atoms with Crippen molar-refractivity contribution in [3.05, 3.63) is 28.2 Å². The van der Waals surface area contributed by atoms with Gasteiger partial charge in [-0.2, -0.15) is 0 Å². The molecule has 21 heavy (non-hydrogen) atoms. The second-order valence-electron chi connectivity index (χ2n) is 4.91. The molecule has 116 valence electrons. The van der Waals surface area contributed by atoms with Gasteiger partial charge in [0.25, 0.3) is 0 Å². The van der Waals surface area contributed by atoms with E-state index in [1.54, 1.807) is 25.1 Å². The smallest absolute Gasteiger partial charge is 0.238 e. The number of benzene rings is 1. The van der Waals surface area contributed by atoms with Crippen LogP contribution in [-0.4, -0.2) is 30.4 Å². The standard InChI is InChI=1S/C14H19Cl2N3O2/c1-8(2)18-14(21)9(3)17-7-12(20)19-13-10(15)5-4-6-11(13)16/h4-6,8-9,17H,7H2,1-3H3,(H,18,21)(H,19,20). The van der Waals surface area contributed by atoms with Crippen molar-refractivity contribution in [3.63, 3.8) is 0 Å². The van der Waals surface area contributed by atoms with Gasteiger partial charge >= 0.3 is 0 Å². The first-order chi connectivity index (χ1) is 9.81. The lowest BCUT2D eigenvalue weighted by atomic mass is 10.2. The Labute approximate surface area is 134 Å². The highest BCUT2D eigenvalue weighted by molar-refractivity contribution is 6.39. The Bertz CT molecular complexity index is 501. The maximum atomic E-state index is 11.8. The number of amides is 2. The van der Waals surface area contributed by atoms with Crippen LogP contribution in [0.3, 0.4) is 0 Å². The van der Waals surface area contributed by atoms with Crippen molar-refractivity contribution in [1.29, 1.82) is 0 Å². The van der Waals surface area contributed by atoms with Crippen LogP contribution in [-0.2, 0) is 9.59 Å². The Hall–Kier alpha value is -1.30. The second kappa shape index (κ2) is 8.22. The summed E-state index contributed by atoms with van der Waals surface area (Å²) in [6.45, 7) is 5.41. The summed E-state index contributed by atoms with van der Waals surface area (Å²) in [5.41, 5.74) is 0.368. The monoisotopic (exact) mass is 331 g/mol. The third kappa shape index (κ3) is 5.91. The van der Waals surface area contributed by atoms with Gasteiger partial charge in [-0.05, 0) is 32.9 Å². The molecule has 0 aliphatic rings. The molecular formula is C14H19Cl2N3O2. The molecule has 0 spiro atoms. The van der Waals surface area contributed by atoms with Gasteiger partial charge < -0.3 is 10.6 Å². The Kier molecular flexibility index (Phi) is 6.95. The molecule has 2 amide bonds. The van der Waals surface area contributed by atoms with E-state index in [1.807, 2.05) is 13.8 Å². The highest BCUT2D eigenvalue weighted by Crippen LogP contribution is 2.29. The van der Waals surface area contributed by atoms with Crippen molar-refractivity contribution in [2.45, 2.75) is 32.9 Å². The number of hydrogen-bond donors (Lipinski definition) is 3. The van der Waals surface area contributed by atoms with Crippen LogP contribution in [0.4, 0.5) is 5.69 Å². The number of carbonyl (C=O) groups excluding carboxylic acids is 2. The van der Waals surface area contributed by atoms with Crippen LogP contribution in [0.25, 0.3) is 0 Å². The SMILES string of the molecule is CC(C)NC(=O)C(C)NCC(=O)Nc1c(Cl)cccc1Cl. The molecule has 0 radical (unpaired) electrons. The summed E-state index contributed by atoms with van der Waals surface area (Å²) in [7, 11) is 0. The molecule has 0 aliphatic carbocycles. The van der Waals surface area contributed by atoms with E-state index < -0.39 is 6.04 Å². The third-order valence-corrected chi connectivity index (χ3v) is 3.25. The summed E-state index contributed by atoms with van der Waals surface area (Å²) in [6, 6.07) is 4.54. The van der Waals surface area contributed by atoms with Crippen LogP contribution in [0.5, 0.6) is 0 Å². The van der Waals surface area contributed by atoms with Crippen LogP contribution in [0.15, 0.2) is 18.2 Å². The van der Waals surface area contributed by atoms with Crippen LogP contribution in [0, 0.1) is 0 Å². The van der Waals surface area contributed by atoms with Gasteiger partial charge in [-0.15, -0.1) is 0 Å². The van der Waals surface area contributed by atoms with Crippen molar-refractivity contribution in [2.24, 2.45) is 0 Å². The molecule has 0 saturated carbocycles. The molecule has 1 unspecified atom stereocenters. The largest absolute Gasteiger partial charge is 0.353 e. The fraction of sp³-hybridized carbons (Fsp3) is 0.429. The normalized spacial score (nSPS) is 12.1. The molecule has 0 bridgehead atoms. The number of para-hydroxylation sites is 1. The van der Waals surface area contributed by atoms with Crippen molar-refractivity contribution < 1.29 is 9.59 Å². The highest BCUT2D eigenvalue weighted by Gasteiger charge is 2.15. The summed E-state index contributed by atoms with van der Waals surface area (Å²) >= 11 is 11.9. The fourth-order valence-corrected chi connectivity index (χ4v) is 2.04. The van der Waals surface area contributed by atoms with Gasteiger partial charge in [0, 0.05) is 6.04 Å². The maximum absolute atomic E-state index is 11.8. The fourth-order valence-electron chi connectivity index (χ4n) is 1.55. The number of rotatable bonds is 6. The predicted octanol–water partition coefficient (Wildman–Crippen LogP) is 2.43. The van der Waals surface area contributed by atoms with Gasteiger partial charge in [-0.25, -0.2) is 0 Å². The first-order valence-electron chi connectivity index (χ1n) is 6.59. The molecule has 0 heterocycles. The zero-order valence-electron chi connectivity index (χ0n) is 12.2. The number of carbonyl (C=O) groups is 2. The molecule has 3 N–H and O–H groups in total. The lowest BCUT2D eigenvalue weighted by molar-refractivity contribution is -0.123. The number of hydrogen-bond acceptors (Lipinski definition) is 3. The van der Waals surface area contributed by atoms with Gasteiger partial charge in [0.2, 0.25) is 11.8 Å². The van der Waals surface area contributed by atoms with Gasteiger partial charge in [0.05, 0.1) is 28.3 Å². The summed E-state index contributed by atoms with van der Waals surface area (Å²) in [4.78, 5) is 23.5. The minimum atomic E-state index is -0.472. The molecule has 7 heteroatoms. The number of anilines is 1. The zero-order chi connectivity index (χ0) is 16.0. The van der Waals surface area contributed by atoms with Gasteiger partial charge in [-0.3, -0.25) is 14.9 Å². The van der Waals surface area contributed by atoms with Gasteiger partial charge in [0.15, 0.2) is 0 Å². The summed E-state index contributed by atoms with van der Waals surface area (Å²) < 4.78 is 0. The Morgan fingerprint density at radius 3 is 2.24 bits per heavy atom. The zero-order valence-corrected chi connectivity index (χ0v) is 13.7. The molecule has 5 nitrogen and oxygen atoms in total. The van der Waals surface area contributed by atoms with E-state index in [2.05, 4.69) is 16.0 Å². The van der Waals surface area contributed by atoms with E-state index in [9.17, 15) is 9.59 Å². The minimum Gasteiger partial charge on any atom is -0.353 e. The minimum absolute atomic E-state index is 0.0196. The van der Waals surface area contributed by atoms with Crippen LogP contribution in [0.2, 0.25) is 10.0 Å². The van der Waals surface area contributed by atoms with E-state index in [0.29, 0.717) is 15.7 Å². The van der Waals surface area contributed by atoms with E-state index in [-0.39, 0.29) is 24.4 Å². The molecule has 1 aromatic carbocycles. The maximum Gasteiger partial charge on any atom is 0.238 e. The quantitative estimate of drug-likeness (QED) is 0.749. The van der Waals surface area contributed by atoms with Crippen molar-refractivity contribution >= 4 is 40.7 Å². The van der Waals surface area contributed by atoms with Crippen molar-refractivity contribution in [2.75, 3.05) is 11.9 Å². The lowest BCUT2D eigenvalue weighted by Gasteiger charge is -2.16. The second-order valence-corrected chi connectivity index (χ2v) is 5.73.